The lowest BCUT2D eigenvalue weighted by Crippen LogP contribution is -2.51. The van der Waals surface area contributed by atoms with Crippen LogP contribution in [0.5, 0.6) is 0 Å². The van der Waals surface area contributed by atoms with Gasteiger partial charge in [-0.05, 0) is 59.3 Å². The summed E-state index contributed by atoms with van der Waals surface area (Å²) in [5.74, 6) is -0.321. The monoisotopic (exact) mass is 456 g/mol. The van der Waals surface area contributed by atoms with Crippen LogP contribution in [0.15, 0.2) is 0 Å². The summed E-state index contributed by atoms with van der Waals surface area (Å²) in [5, 5.41) is 27.6. The Morgan fingerprint density at radius 3 is 2.19 bits per heavy atom. The van der Waals surface area contributed by atoms with Gasteiger partial charge in [-0.25, -0.2) is 4.79 Å². The third-order valence-corrected chi connectivity index (χ3v) is 6.45. The van der Waals surface area contributed by atoms with Crippen molar-refractivity contribution in [1.82, 2.24) is 10.6 Å². The third-order valence-electron chi connectivity index (χ3n) is 6.45. The van der Waals surface area contributed by atoms with E-state index >= 15 is 0 Å². The Labute approximate surface area is 195 Å². The third kappa shape index (κ3) is 11.0. The molecular formula is C25H48N2O5. The minimum absolute atomic E-state index is 0.0586. The zero-order valence-corrected chi connectivity index (χ0v) is 21.4. The van der Waals surface area contributed by atoms with Crippen molar-refractivity contribution in [2.45, 2.75) is 123 Å². The summed E-state index contributed by atoms with van der Waals surface area (Å²) in [6.07, 6.45) is 5.77. The van der Waals surface area contributed by atoms with Crippen LogP contribution in [-0.4, -0.2) is 52.1 Å². The van der Waals surface area contributed by atoms with Gasteiger partial charge in [-0.3, -0.25) is 4.79 Å². The second kappa shape index (κ2) is 12.8. The summed E-state index contributed by atoms with van der Waals surface area (Å²) in [7, 11) is 0. The van der Waals surface area contributed by atoms with Crippen LogP contribution in [0, 0.1) is 17.8 Å². The van der Waals surface area contributed by atoms with E-state index in [4.69, 9.17) is 4.74 Å². The number of aliphatic hydroxyl groups is 2. The summed E-state index contributed by atoms with van der Waals surface area (Å²) >= 11 is 0. The molecule has 0 saturated heterocycles. The molecule has 1 aliphatic carbocycles. The molecule has 0 aromatic heterocycles. The van der Waals surface area contributed by atoms with E-state index in [1.807, 2.05) is 0 Å². The smallest absolute Gasteiger partial charge is 0.407 e. The van der Waals surface area contributed by atoms with Crippen molar-refractivity contribution in [3.05, 3.63) is 0 Å². The quantitative estimate of drug-likeness (QED) is 0.373. The van der Waals surface area contributed by atoms with E-state index in [-0.39, 0.29) is 12.3 Å². The maximum atomic E-state index is 12.9. The van der Waals surface area contributed by atoms with Crippen molar-refractivity contribution in [3.63, 3.8) is 0 Å². The fourth-order valence-electron chi connectivity index (χ4n) is 4.22. The maximum absolute atomic E-state index is 12.9. The lowest BCUT2D eigenvalue weighted by atomic mass is 9.80. The van der Waals surface area contributed by atoms with Crippen molar-refractivity contribution in [1.29, 1.82) is 0 Å². The van der Waals surface area contributed by atoms with Gasteiger partial charge in [0.15, 0.2) is 0 Å². The molecule has 32 heavy (non-hydrogen) atoms. The summed E-state index contributed by atoms with van der Waals surface area (Å²) in [5.41, 5.74) is -1.95. The van der Waals surface area contributed by atoms with Crippen LogP contribution in [0.25, 0.3) is 0 Å². The topological polar surface area (TPSA) is 108 Å². The maximum Gasteiger partial charge on any atom is 0.407 e. The van der Waals surface area contributed by atoms with Gasteiger partial charge >= 0.3 is 6.09 Å². The number of alkyl carbamates (subject to hydrolysis) is 1. The molecule has 0 radical (unpaired) electrons. The largest absolute Gasteiger partial charge is 0.444 e. The fourth-order valence-corrected chi connectivity index (χ4v) is 4.22. The summed E-state index contributed by atoms with van der Waals surface area (Å²) in [6.45, 7) is 13.2. The van der Waals surface area contributed by atoms with Gasteiger partial charge in [0, 0.05) is 6.54 Å². The molecule has 0 aromatic carbocycles. The van der Waals surface area contributed by atoms with Crippen LogP contribution in [0.4, 0.5) is 4.79 Å². The first kappa shape index (κ1) is 28.7. The average Bonchev–Trinajstić information content (AvgIpc) is 2.67. The predicted molar refractivity (Wildman–Crippen MR) is 127 cm³/mol. The van der Waals surface area contributed by atoms with Crippen molar-refractivity contribution in [3.8, 4) is 0 Å². The summed E-state index contributed by atoms with van der Waals surface area (Å²) in [4.78, 5) is 25.3. The summed E-state index contributed by atoms with van der Waals surface area (Å²) in [6, 6.07) is -0.542. The number of ether oxygens (including phenoxy) is 1. The molecule has 1 rings (SSSR count). The Bertz CT molecular complexity index is 576. The first-order chi connectivity index (χ1) is 14.7. The highest BCUT2D eigenvalue weighted by Crippen LogP contribution is 2.30. The zero-order valence-electron chi connectivity index (χ0n) is 21.4. The van der Waals surface area contributed by atoms with Gasteiger partial charge in [0.1, 0.15) is 5.60 Å². The first-order valence-electron chi connectivity index (χ1n) is 12.4. The van der Waals surface area contributed by atoms with E-state index in [0.717, 1.165) is 32.1 Å². The number of carbonyl (C=O) groups excluding carboxylic acids is 2. The molecule has 188 valence electrons. The van der Waals surface area contributed by atoms with Crippen LogP contribution in [-0.2, 0) is 9.53 Å². The standard InChI is InChI=1S/C25H48N2O5/c1-8-17(2)16-26-22(29)19(25(6,7)31)15-21(28)20(14-18-12-10-9-11-13-18)27-23(30)32-24(3,4)5/h17-21,28,31H,8-16H2,1-7H3,(H,26,29)(H,27,30)/t17-,19+,20-,21-/m0/s1. The fraction of sp³-hybridized carbons (Fsp3) is 0.920. The first-order valence-corrected chi connectivity index (χ1v) is 12.4. The highest BCUT2D eigenvalue weighted by molar-refractivity contribution is 5.79. The molecule has 1 aliphatic rings. The number of hydrogen-bond acceptors (Lipinski definition) is 5. The lowest BCUT2D eigenvalue weighted by molar-refractivity contribution is -0.135. The van der Waals surface area contributed by atoms with E-state index in [1.165, 1.54) is 6.42 Å². The number of carbonyl (C=O) groups is 2. The number of hydrogen-bond donors (Lipinski definition) is 4. The minimum Gasteiger partial charge on any atom is -0.444 e. The average molecular weight is 457 g/mol. The van der Waals surface area contributed by atoms with Gasteiger partial charge in [-0.2, -0.15) is 0 Å². The molecule has 7 heteroatoms. The molecular weight excluding hydrogens is 408 g/mol. The van der Waals surface area contributed by atoms with Crippen molar-refractivity contribution < 1.29 is 24.5 Å². The van der Waals surface area contributed by atoms with Gasteiger partial charge in [0.25, 0.3) is 0 Å². The van der Waals surface area contributed by atoms with Gasteiger partial charge in [0.2, 0.25) is 5.91 Å². The molecule has 2 amide bonds. The van der Waals surface area contributed by atoms with Crippen molar-refractivity contribution >= 4 is 12.0 Å². The number of rotatable bonds is 11. The van der Waals surface area contributed by atoms with E-state index in [0.29, 0.717) is 24.8 Å². The van der Waals surface area contributed by atoms with Gasteiger partial charge in [-0.1, -0.05) is 52.4 Å². The minimum atomic E-state index is -1.30. The Hall–Kier alpha value is -1.34. The molecule has 7 nitrogen and oxygen atoms in total. The van der Waals surface area contributed by atoms with E-state index in [2.05, 4.69) is 24.5 Å². The Morgan fingerprint density at radius 2 is 1.69 bits per heavy atom. The number of amides is 2. The molecule has 1 saturated carbocycles. The molecule has 0 heterocycles. The van der Waals surface area contributed by atoms with Gasteiger partial charge in [0.05, 0.1) is 23.7 Å². The highest BCUT2D eigenvalue weighted by atomic mass is 16.6. The molecule has 0 aromatic rings. The number of nitrogens with one attached hydrogen (secondary N) is 2. The molecule has 1 fully saturated rings. The SMILES string of the molecule is CC[C@H](C)CNC(=O)[C@@H](C[C@H](O)[C@H](CC1CCCCC1)NC(=O)OC(C)(C)C)C(C)(C)O. The molecule has 0 spiro atoms. The van der Waals surface area contributed by atoms with Gasteiger partial charge in [-0.15, -0.1) is 0 Å². The summed E-state index contributed by atoms with van der Waals surface area (Å²) < 4.78 is 5.41. The molecule has 0 aliphatic heterocycles. The molecule has 4 atom stereocenters. The highest BCUT2D eigenvalue weighted by Gasteiger charge is 2.38. The van der Waals surface area contributed by atoms with E-state index in [9.17, 15) is 19.8 Å². The van der Waals surface area contributed by atoms with Crippen LogP contribution in [0.3, 0.4) is 0 Å². The van der Waals surface area contributed by atoms with E-state index < -0.39 is 35.4 Å². The molecule has 4 N–H and O–H groups in total. The Morgan fingerprint density at radius 1 is 1.09 bits per heavy atom. The molecule has 0 bridgehead atoms. The van der Waals surface area contributed by atoms with Crippen LogP contribution in [0.2, 0.25) is 0 Å². The lowest BCUT2D eigenvalue weighted by Gasteiger charge is -2.35. The van der Waals surface area contributed by atoms with Crippen molar-refractivity contribution in [2.24, 2.45) is 17.8 Å². The zero-order chi connectivity index (χ0) is 24.5. The normalized spacial score (nSPS) is 19.5. The van der Waals surface area contributed by atoms with Crippen molar-refractivity contribution in [2.75, 3.05) is 6.54 Å². The number of aliphatic hydroxyl groups excluding tert-OH is 1. The van der Waals surface area contributed by atoms with Crippen LogP contribution < -0.4 is 10.6 Å². The van der Waals surface area contributed by atoms with E-state index in [1.54, 1.807) is 34.6 Å². The second-order valence-corrected chi connectivity index (χ2v) is 11.3. The van der Waals surface area contributed by atoms with Gasteiger partial charge < -0.3 is 25.6 Å². The second-order valence-electron chi connectivity index (χ2n) is 11.3. The van der Waals surface area contributed by atoms with Crippen LogP contribution >= 0.6 is 0 Å². The molecule has 0 unspecified atom stereocenters. The Kier molecular flexibility index (Phi) is 11.5. The Balaban J connectivity index is 2.93. The van der Waals surface area contributed by atoms with Crippen LogP contribution in [0.1, 0.15) is 99.8 Å². The predicted octanol–water partition coefficient (Wildman–Crippen LogP) is 4.15.